The van der Waals surface area contributed by atoms with E-state index in [-0.39, 0.29) is 6.04 Å². The summed E-state index contributed by atoms with van der Waals surface area (Å²) >= 11 is 0. The summed E-state index contributed by atoms with van der Waals surface area (Å²) in [5.41, 5.74) is 5.71. The molecule has 0 bridgehead atoms. The van der Waals surface area contributed by atoms with Gasteiger partial charge in [0.05, 0.1) is 19.8 Å². The standard InChI is InChI=1S/C10H18N4O2/c1-7(5-15-3)14(2)10-8(16-4)9(11)12-6-13-10/h6-7H,5H2,1-4H3,(H2,11,12,13). The Morgan fingerprint density at radius 1 is 1.44 bits per heavy atom. The van der Waals surface area contributed by atoms with Crippen molar-refractivity contribution in [2.45, 2.75) is 13.0 Å². The predicted octanol–water partition coefficient (Wildman–Crippen LogP) is 0.539. The second kappa shape index (κ2) is 5.50. The molecule has 2 N–H and O–H groups in total. The molecular formula is C10H18N4O2. The molecule has 90 valence electrons. The molecule has 0 radical (unpaired) electrons. The van der Waals surface area contributed by atoms with Crippen LogP contribution in [0.2, 0.25) is 0 Å². The average molecular weight is 226 g/mol. The lowest BCUT2D eigenvalue weighted by molar-refractivity contribution is 0.183. The number of anilines is 2. The first-order valence-corrected chi connectivity index (χ1v) is 4.98. The van der Waals surface area contributed by atoms with Gasteiger partial charge >= 0.3 is 0 Å². The van der Waals surface area contributed by atoms with Crippen LogP contribution in [0, 0.1) is 0 Å². The molecule has 0 aliphatic carbocycles. The molecule has 1 atom stereocenters. The van der Waals surface area contributed by atoms with Crippen molar-refractivity contribution in [1.29, 1.82) is 0 Å². The van der Waals surface area contributed by atoms with Crippen molar-refractivity contribution in [3.05, 3.63) is 6.33 Å². The molecule has 1 unspecified atom stereocenters. The SMILES string of the molecule is COCC(C)N(C)c1ncnc(N)c1OC. The summed E-state index contributed by atoms with van der Waals surface area (Å²) in [6.45, 7) is 2.63. The van der Waals surface area contributed by atoms with Gasteiger partial charge in [-0.25, -0.2) is 9.97 Å². The highest BCUT2D eigenvalue weighted by molar-refractivity contribution is 5.62. The third-order valence-corrected chi connectivity index (χ3v) is 2.42. The fourth-order valence-electron chi connectivity index (χ4n) is 1.39. The Hall–Kier alpha value is -1.56. The smallest absolute Gasteiger partial charge is 0.204 e. The van der Waals surface area contributed by atoms with Gasteiger partial charge in [0.25, 0.3) is 0 Å². The number of hydrogen-bond acceptors (Lipinski definition) is 6. The van der Waals surface area contributed by atoms with Gasteiger partial charge in [-0.15, -0.1) is 0 Å². The van der Waals surface area contributed by atoms with Crippen LogP contribution in [0.1, 0.15) is 6.92 Å². The van der Waals surface area contributed by atoms with E-state index in [1.807, 2.05) is 18.9 Å². The summed E-state index contributed by atoms with van der Waals surface area (Å²) in [6, 6.07) is 0.174. The van der Waals surface area contributed by atoms with Crippen LogP contribution in [-0.2, 0) is 4.74 Å². The zero-order valence-electron chi connectivity index (χ0n) is 10.1. The third-order valence-electron chi connectivity index (χ3n) is 2.42. The van der Waals surface area contributed by atoms with Crippen molar-refractivity contribution in [3.8, 4) is 5.75 Å². The van der Waals surface area contributed by atoms with Gasteiger partial charge in [0.2, 0.25) is 5.75 Å². The molecule has 0 aliphatic heterocycles. The second-order valence-electron chi connectivity index (χ2n) is 3.53. The van der Waals surface area contributed by atoms with Gasteiger partial charge in [-0.05, 0) is 6.92 Å². The zero-order valence-corrected chi connectivity index (χ0v) is 10.1. The summed E-state index contributed by atoms with van der Waals surface area (Å²) in [5, 5.41) is 0. The summed E-state index contributed by atoms with van der Waals surface area (Å²) < 4.78 is 10.3. The molecule has 6 nitrogen and oxygen atoms in total. The number of aromatic nitrogens is 2. The van der Waals surface area contributed by atoms with Crippen LogP contribution in [0.3, 0.4) is 0 Å². The van der Waals surface area contributed by atoms with Crippen molar-refractivity contribution >= 4 is 11.6 Å². The van der Waals surface area contributed by atoms with Crippen LogP contribution >= 0.6 is 0 Å². The topological polar surface area (TPSA) is 73.5 Å². The maximum atomic E-state index is 5.71. The monoisotopic (exact) mass is 226 g/mol. The normalized spacial score (nSPS) is 12.2. The van der Waals surface area contributed by atoms with Crippen LogP contribution < -0.4 is 15.4 Å². The van der Waals surface area contributed by atoms with E-state index in [4.69, 9.17) is 15.2 Å². The molecular weight excluding hydrogens is 208 g/mol. The minimum Gasteiger partial charge on any atom is -0.490 e. The Morgan fingerprint density at radius 3 is 2.69 bits per heavy atom. The van der Waals surface area contributed by atoms with Gasteiger partial charge in [0, 0.05) is 14.2 Å². The number of likely N-dealkylation sites (N-methyl/N-ethyl adjacent to an activating group) is 1. The highest BCUT2D eigenvalue weighted by Crippen LogP contribution is 2.29. The fraction of sp³-hybridized carbons (Fsp3) is 0.600. The molecule has 0 fully saturated rings. The minimum absolute atomic E-state index is 0.174. The van der Waals surface area contributed by atoms with Crippen LogP contribution in [0.25, 0.3) is 0 Å². The van der Waals surface area contributed by atoms with Crippen LogP contribution in [0.5, 0.6) is 5.75 Å². The largest absolute Gasteiger partial charge is 0.490 e. The maximum absolute atomic E-state index is 5.71. The van der Waals surface area contributed by atoms with Gasteiger partial charge in [-0.2, -0.15) is 0 Å². The Labute approximate surface area is 95.4 Å². The van der Waals surface area contributed by atoms with Crippen LogP contribution in [0.4, 0.5) is 11.6 Å². The molecule has 0 aliphatic rings. The van der Waals surface area contributed by atoms with Crippen LogP contribution in [0.15, 0.2) is 6.33 Å². The molecule has 1 rings (SSSR count). The van der Waals surface area contributed by atoms with Gasteiger partial charge in [0.1, 0.15) is 6.33 Å². The molecule has 0 saturated carbocycles. The summed E-state index contributed by atoms with van der Waals surface area (Å²) in [5.74, 6) is 1.50. The number of hydrogen-bond donors (Lipinski definition) is 1. The molecule has 0 spiro atoms. The number of nitrogens with two attached hydrogens (primary N) is 1. The maximum Gasteiger partial charge on any atom is 0.204 e. The van der Waals surface area contributed by atoms with Crippen molar-refractivity contribution in [2.24, 2.45) is 0 Å². The highest BCUT2D eigenvalue weighted by atomic mass is 16.5. The van der Waals surface area contributed by atoms with Crippen molar-refractivity contribution in [2.75, 3.05) is 38.5 Å². The second-order valence-corrected chi connectivity index (χ2v) is 3.53. The first-order chi connectivity index (χ1) is 7.61. The van der Waals surface area contributed by atoms with E-state index in [2.05, 4.69) is 9.97 Å². The van der Waals surface area contributed by atoms with Crippen molar-refractivity contribution < 1.29 is 9.47 Å². The molecule has 1 aromatic heterocycles. The molecule has 0 aromatic carbocycles. The predicted molar refractivity (Wildman–Crippen MR) is 62.7 cm³/mol. The van der Waals surface area contributed by atoms with Gasteiger partial charge < -0.3 is 20.1 Å². The Morgan fingerprint density at radius 2 is 2.12 bits per heavy atom. The number of ether oxygens (including phenoxy) is 2. The highest BCUT2D eigenvalue weighted by Gasteiger charge is 2.17. The van der Waals surface area contributed by atoms with E-state index in [1.54, 1.807) is 14.2 Å². The van der Waals surface area contributed by atoms with E-state index >= 15 is 0 Å². The molecule has 1 heterocycles. The number of rotatable bonds is 5. The number of nitrogens with zero attached hydrogens (tertiary/aromatic N) is 3. The quantitative estimate of drug-likeness (QED) is 0.790. The molecule has 16 heavy (non-hydrogen) atoms. The van der Waals surface area contributed by atoms with E-state index in [1.165, 1.54) is 6.33 Å². The van der Waals surface area contributed by atoms with Gasteiger partial charge in [0.15, 0.2) is 11.6 Å². The Balaban J connectivity index is 2.98. The molecule has 1 aromatic rings. The summed E-state index contributed by atoms with van der Waals surface area (Å²) in [7, 11) is 5.12. The lowest BCUT2D eigenvalue weighted by Crippen LogP contribution is -2.33. The first kappa shape index (κ1) is 12.5. The van der Waals surface area contributed by atoms with E-state index in [0.29, 0.717) is 24.0 Å². The lowest BCUT2D eigenvalue weighted by atomic mass is 10.3. The van der Waals surface area contributed by atoms with E-state index in [0.717, 1.165) is 0 Å². The van der Waals surface area contributed by atoms with Gasteiger partial charge in [-0.1, -0.05) is 0 Å². The van der Waals surface area contributed by atoms with Crippen molar-refractivity contribution in [1.82, 2.24) is 9.97 Å². The third kappa shape index (κ3) is 2.52. The van der Waals surface area contributed by atoms with Crippen LogP contribution in [-0.4, -0.2) is 43.9 Å². The van der Waals surface area contributed by atoms with Crippen molar-refractivity contribution in [3.63, 3.8) is 0 Å². The molecule has 0 amide bonds. The molecule has 0 saturated heterocycles. The average Bonchev–Trinajstić information content (AvgIpc) is 2.28. The first-order valence-electron chi connectivity index (χ1n) is 4.98. The van der Waals surface area contributed by atoms with E-state index < -0.39 is 0 Å². The number of methoxy groups -OCH3 is 2. The van der Waals surface area contributed by atoms with E-state index in [9.17, 15) is 0 Å². The number of nitrogen functional groups attached to an aromatic ring is 1. The molecule has 6 heteroatoms. The Bertz CT molecular complexity index is 346. The fourth-order valence-corrected chi connectivity index (χ4v) is 1.39. The minimum atomic E-state index is 0.174. The lowest BCUT2D eigenvalue weighted by Gasteiger charge is -2.26. The van der Waals surface area contributed by atoms with Gasteiger partial charge in [-0.3, -0.25) is 0 Å². The zero-order chi connectivity index (χ0) is 12.1. The summed E-state index contributed by atoms with van der Waals surface area (Å²) in [6.07, 6.45) is 1.42. The summed E-state index contributed by atoms with van der Waals surface area (Å²) in [4.78, 5) is 9.99. The Kier molecular flexibility index (Phi) is 4.30.